The zero-order chi connectivity index (χ0) is 24.5. The minimum Gasteiger partial charge on any atom is -0.394 e. The maximum atomic E-state index is 14.7. The van der Waals surface area contributed by atoms with Crippen LogP contribution in [0.25, 0.3) is 0 Å². The van der Waals surface area contributed by atoms with Crippen molar-refractivity contribution in [1.29, 1.82) is 0 Å². The van der Waals surface area contributed by atoms with Crippen LogP contribution in [0, 0.1) is 24.4 Å². The molecule has 9 heteroatoms. The predicted octanol–water partition coefficient (Wildman–Crippen LogP) is 3.63. The number of hydrogen-bond acceptors (Lipinski definition) is 5. The molecule has 2 aromatic rings. The summed E-state index contributed by atoms with van der Waals surface area (Å²) in [7, 11) is 0. The van der Waals surface area contributed by atoms with Crippen molar-refractivity contribution in [3.63, 3.8) is 0 Å². The molecule has 0 spiro atoms. The van der Waals surface area contributed by atoms with Crippen molar-refractivity contribution >= 4 is 17.3 Å². The van der Waals surface area contributed by atoms with E-state index in [4.69, 9.17) is 0 Å². The lowest BCUT2D eigenvalue weighted by Gasteiger charge is -2.49. The van der Waals surface area contributed by atoms with E-state index in [2.05, 4.69) is 10.6 Å². The standard InChI is InChI=1S/C25H30F3N3O3/c1-16-5-8-20(19(27)11-16)30-22-17(6-7-18(26)21(22)28)23(33)31-13-25(34,14-31)12-29-24(15-32)9-3-2-4-10-24/h5-8,11,29-30,32,34H,2-4,9-10,12-15H2,1H3. The summed E-state index contributed by atoms with van der Waals surface area (Å²) in [5.74, 6) is -3.72. The number of aryl methyl sites for hydroxylation is 1. The Morgan fingerprint density at radius 2 is 1.76 bits per heavy atom. The number of nitrogens with one attached hydrogen (secondary N) is 2. The van der Waals surface area contributed by atoms with Crippen LogP contribution in [0.1, 0.15) is 48.0 Å². The number of rotatable bonds is 7. The van der Waals surface area contributed by atoms with Crippen molar-refractivity contribution in [2.24, 2.45) is 0 Å². The van der Waals surface area contributed by atoms with Gasteiger partial charge in [0.1, 0.15) is 11.4 Å². The fraction of sp³-hybridized carbons (Fsp3) is 0.480. The number of aliphatic hydroxyl groups excluding tert-OH is 1. The molecule has 1 amide bonds. The van der Waals surface area contributed by atoms with E-state index in [9.17, 15) is 28.2 Å². The molecule has 1 aliphatic heterocycles. The Bertz CT molecular complexity index is 1070. The summed E-state index contributed by atoms with van der Waals surface area (Å²) >= 11 is 0. The van der Waals surface area contributed by atoms with E-state index < -0.39 is 40.2 Å². The molecule has 2 aliphatic rings. The van der Waals surface area contributed by atoms with Gasteiger partial charge in [-0.1, -0.05) is 25.3 Å². The van der Waals surface area contributed by atoms with E-state index >= 15 is 0 Å². The second-order valence-electron chi connectivity index (χ2n) is 9.63. The average Bonchev–Trinajstić information content (AvgIpc) is 2.81. The Morgan fingerprint density at radius 3 is 2.41 bits per heavy atom. The number of hydrogen-bond donors (Lipinski definition) is 4. The third-order valence-corrected chi connectivity index (χ3v) is 6.87. The second kappa shape index (κ2) is 9.56. The summed E-state index contributed by atoms with van der Waals surface area (Å²) in [6.07, 6.45) is 4.77. The van der Waals surface area contributed by atoms with Gasteiger partial charge in [0.15, 0.2) is 11.6 Å². The van der Waals surface area contributed by atoms with E-state index in [0.29, 0.717) is 5.56 Å². The number of anilines is 2. The molecule has 0 radical (unpaired) electrons. The second-order valence-corrected chi connectivity index (χ2v) is 9.63. The summed E-state index contributed by atoms with van der Waals surface area (Å²) in [4.78, 5) is 14.4. The van der Waals surface area contributed by atoms with Crippen LogP contribution < -0.4 is 10.6 Å². The molecule has 0 bridgehead atoms. The largest absolute Gasteiger partial charge is 0.394 e. The number of benzene rings is 2. The molecule has 6 nitrogen and oxygen atoms in total. The van der Waals surface area contributed by atoms with Crippen LogP contribution in [-0.2, 0) is 0 Å². The molecule has 1 saturated carbocycles. The van der Waals surface area contributed by atoms with Crippen molar-refractivity contribution in [3.8, 4) is 0 Å². The number of nitrogens with zero attached hydrogens (tertiary/aromatic N) is 1. The van der Waals surface area contributed by atoms with Crippen LogP contribution in [0.3, 0.4) is 0 Å². The Kier molecular flexibility index (Phi) is 6.89. The van der Waals surface area contributed by atoms with Gasteiger partial charge in [0.05, 0.1) is 36.6 Å². The van der Waals surface area contributed by atoms with E-state index in [1.165, 1.54) is 17.0 Å². The highest BCUT2D eigenvalue weighted by molar-refractivity contribution is 6.01. The molecule has 1 aliphatic carbocycles. The van der Waals surface area contributed by atoms with Crippen LogP contribution in [0.2, 0.25) is 0 Å². The quantitative estimate of drug-likeness (QED) is 0.490. The third-order valence-electron chi connectivity index (χ3n) is 6.87. The number of amides is 1. The maximum absolute atomic E-state index is 14.7. The molecule has 4 rings (SSSR count). The minimum atomic E-state index is -1.29. The first-order chi connectivity index (χ1) is 16.2. The average molecular weight is 478 g/mol. The zero-order valence-electron chi connectivity index (χ0n) is 19.1. The van der Waals surface area contributed by atoms with Gasteiger partial charge >= 0.3 is 0 Å². The van der Waals surface area contributed by atoms with Gasteiger partial charge in [-0.25, -0.2) is 13.2 Å². The van der Waals surface area contributed by atoms with Gasteiger partial charge in [-0.2, -0.15) is 0 Å². The Balaban J connectivity index is 1.47. The smallest absolute Gasteiger partial charge is 0.256 e. The van der Waals surface area contributed by atoms with Gasteiger partial charge < -0.3 is 25.7 Å². The van der Waals surface area contributed by atoms with E-state index in [-0.39, 0.29) is 37.5 Å². The molecule has 2 fully saturated rings. The highest BCUT2D eigenvalue weighted by Gasteiger charge is 2.46. The molecule has 1 saturated heterocycles. The first kappa shape index (κ1) is 24.5. The fourth-order valence-electron chi connectivity index (χ4n) is 4.77. The van der Waals surface area contributed by atoms with Crippen LogP contribution in [0.5, 0.6) is 0 Å². The van der Waals surface area contributed by atoms with Crippen LogP contribution in [0.4, 0.5) is 24.5 Å². The number of aliphatic hydroxyl groups is 2. The summed E-state index contributed by atoms with van der Waals surface area (Å²) < 4.78 is 42.9. The number of carbonyl (C=O) groups is 1. The van der Waals surface area contributed by atoms with E-state index in [1.54, 1.807) is 13.0 Å². The van der Waals surface area contributed by atoms with Crippen molar-refractivity contribution in [2.75, 3.05) is 31.6 Å². The number of carbonyl (C=O) groups excluding carboxylic acids is 1. The fourth-order valence-corrected chi connectivity index (χ4v) is 4.77. The van der Waals surface area contributed by atoms with Crippen molar-refractivity contribution in [3.05, 3.63) is 58.9 Å². The molecular formula is C25H30F3N3O3. The van der Waals surface area contributed by atoms with Gasteiger partial charge in [-0.15, -0.1) is 0 Å². The maximum Gasteiger partial charge on any atom is 0.256 e. The van der Waals surface area contributed by atoms with Crippen LogP contribution >= 0.6 is 0 Å². The molecule has 2 aromatic carbocycles. The molecule has 1 heterocycles. The molecular weight excluding hydrogens is 447 g/mol. The summed E-state index contributed by atoms with van der Waals surface area (Å²) in [5.41, 5.74) is -1.66. The van der Waals surface area contributed by atoms with E-state index in [0.717, 1.165) is 44.2 Å². The Hall–Kier alpha value is -2.62. The molecule has 184 valence electrons. The predicted molar refractivity (Wildman–Crippen MR) is 123 cm³/mol. The SMILES string of the molecule is Cc1ccc(Nc2c(C(=O)N3CC(O)(CNC4(CO)CCCCC4)C3)ccc(F)c2F)c(F)c1. The van der Waals surface area contributed by atoms with Gasteiger partial charge in [0.25, 0.3) is 5.91 Å². The number of halogens is 3. The Labute approximate surface area is 196 Å². The highest BCUT2D eigenvalue weighted by Crippen LogP contribution is 2.33. The minimum absolute atomic E-state index is 0.00231. The number of β-amino-alcohol motifs (C(OH)–C–C–N with tert-alkyl or cyclic N) is 1. The van der Waals surface area contributed by atoms with Crippen LogP contribution in [-0.4, -0.2) is 58.4 Å². The van der Waals surface area contributed by atoms with Gasteiger partial charge in [-0.05, 0) is 49.6 Å². The van der Waals surface area contributed by atoms with Crippen molar-refractivity contribution < 1.29 is 28.2 Å². The number of likely N-dealkylation sites (tertiary alicyclic amines) is 1. The lowest BCUT2D eigenvalue weighted by molar-refractivity contribution is -0.0848. The van der Waals surface area contributed by atoms with Crippen molar-refractivity contribution in [1.82, 2.24) is 10.2 Å². The normalized spacial score (nSPS) is 18.9. The molecule has 0 unspecified atom stereocenters. The monoisotopic (exact) mass is 477 g/mol. The third kappa shape index (κ3) is 4.92. The molecule has 34 heavy (non-hydrogen) atoms. The lowest BCUT2D eigenvalue weighted by Crippen LogP contribution is -2.69. The summed E-state index contributed by atoms with van der Waals surface area (Å²) in [6.45, 7) is 1.87. The van der Waals surface area contributed by atoms with Crippen LogP contribution in [0.15, 0.2) is 30.3 Å². The zero-order valence-corrected chi connectivity index (χ0v) is 19.1. The first-order valence-corrected chi connectivity index (χ1v) is 11.5. The van der Waals surface area contributed by atoms with E-state index in [1.807, 2.05) is 0 Å². The first-order valence-electron chi connectivity index (χ1n) is 11.5. The molecule has 4 N–H and O–H groups in total. The molecule has 0 atom stereocenters. The Morgan fingerprint density at radius 1 is 1.06 bits per heavy atom. The molecule has 0 aromatic heterocycles. The topological polar surface area (TPSA) is 84.8 Å². The summed E-state index contributed by atoms with van der Waals surface area (Å²) in [5, 5.41) is 26.5. The van der Waals surface area contributed by atoms with Gasteiger partial charge in [0.2, 0.25) is 0 Å². The van der Waals surface area contributed by atoms with Crippen molar-refractivity contribution in [2.45, 2.75) is 50.2 Å². The van der Waals surface area contributed by atoms with Gasteiger partial charge in [0, 0.05) is 12.1 Å². The van der Waals surface area contributed by atoms with Gasteiger partial charge in [-0.3, -0.25) is 4.79 Å². The summed E-state index contributed by atoms with van der Waals surface area (Å²) in [6, 6.07) is 6.24. The lowest BCUT2D eigenvalue weighted by atomic mass is 9.81. The highest BCUT2D eigenvalue weighted by atomic mass is 19.2.